The summed E-state index contributed by atoms with van der Waals surface area (Å²) in [5, 5.41) is 1.33. The molecule has 7 rings (SSSR count). The molecule has 5 aromatic rings. The Morgan fingerprint density at radius 3 is 2.56 bits per heavy atom. The first kappa shape index (κ1) is 29.2. The molecule has 12 heteroatoms. The molecule has 1 saturated heterocycles. The van der Waals surface area contributed by atoms with E-state index in [1.807, 2.05) is 23.7 Å². The van der Waals surface area contributed by atoms with E-state index in [1.54, 1.807) is 37.4 Å². The summed E-state index contributed by atoms with van der Waals surface area (Å²) in [5.74, 6) is 0.874. The molecule has 4 heterocycles. The maximum Gasteiger partial charge on any atom is 0.254 e. The number of hydrogen-bond donors (Lipinski definition) is 2. The number of alkyl halides is 1. The number of fused-ring (bicyclic) bond motifs is 2. The monoisotopic (exact) mass is 629 g/mol. The summed E-state index contributed by atoms with van der Waals surface area (Å²) in [5.41, 5.74) is 16.5. The van der Waals surface area contributed by atoms with Gasteiger partial charge in [-0.05, 0) is 67.6 Å². The maximum atomic E-state index is 14.3. The number of aryl methyl sites for hydroxylation is 1. The van der Waals surface area contributed by atoms with Crippen molar-refractivity contribution in [2.75, 3.05) is 20.2 Å². The van der Waals surface area contributed by atoms with Gasteiger partial charge in [0.1, 0.15) is 23.1 Å². The number of carbonyl (C=O) groups is 2. The Hall–Kier alpha value is -4.48. The number of nitrogens with zero attached hydrogens (tertiary/aromatic N) is 5. The zero-order chi connectivity index (χ0) is 31.6. The van der Waals surface area contributed by atoms with Crippen molar-refractivity contribution in [1.82, 2.24) is 24.0 Å². The summed E-state index contributed by atoms with van der Waals surface area (Å²) in [4.78, 5) is 36.6. The van der Waals surface area contributed by atoms with E-state index in [0.717, 1.165) is 41.6 Å². The van der Waals surface area contributed by atoms with Crippen molar-refractivity contribution in [1.29, 1.82) is 0 Å². The van der Waals surface area contributed by atoms with Gasteiger partial charge < -0.3 is 30.2 Å². The van der Waals surface area contributed by atoms with Gasteiger partial charge in [-0.15, -0.1) is 0 Å². The van der Waals surface area contributed by atoms with E-state index in [4.69, 9.17) is 37.8 Å². The van der Waals surface area contributed by atoms with Gasteiger partial charge in [0.25, 0.3) is 5.91 Å². The molecule has 10 nitrogen and oxygen atoms in total. The molecule has 3 aromatic heterocycles. The van der Waals surface area contributed by atoms with Crippen molar-refractivity contribution < 1.29 is 18.7 Å². The first-order valence-electron chi connectivity index (χ1n) is 14.9. The number of likely N-dealkylation sites (tertiary alicyclic amines) is 1. The number of aromatic nitrogens is 4. The van der Waals surface area contributed by atoms with Crippen LogP contribution in [0.4, 0.5) is 4.39 Å². The molecule has 232 valence electrons. The highest BCUT2D eigenvalue weighted by atomic mass is 35.5. The average molecular weight is 630 g/mol. The fraction of sp³-hybridized carbons (Fsp3) is 0.333. The number of rotatable bonds is 7. The van der Waals surface area contributed by atoms with Crippen LogP contribution in [0.5, 0.6) is 5.75 Å². The van der Waals surface area contributed by atoms with E-state index in [2.05, 4.69) is 10.6 Å². The van der Waals surface area contributed by atoms with Crippen LogP contribution in [-0.2, 0) is 13.6 Å². The molecule has 45 heavy (non-hydrogen) atoms. The van der Waals surface area contributed by atoms with Crippen molar-refractivity contribution in [3.63, 3.8) is 0 Å². The molecular weight excluding hydrogens is 597 g/mol. The Balaban J connectivity index is 1.33. The Bertz CT molecular complexity index is 1990. The Kier molecular flexibility index (Phi) is 7.25. The Labute approximate surface area is 263 Å². The first-order valence-corrected chi connectivity index (χ1v) is 15.3. The molecular formula is C33H33ClFN7O3. The molecule has 0 radical (unpaired) electrons. The normalized spacial score (nSPS) is 18.6. The second kappa shape index (κ2) is 11.1. The number of amides is 2. The van der Waals surface area contributed by atoms with Gasteiger partial charge in [-0.1, -0.05) is 17.7 Å². The first-order chi connectivity index (χ1) is 21.6. The number of piperidine rings is 1. The average Bonchev–Trinajstić information content (AvgIpc) is 3.68. The lowest BCUT2D eigenvalue weighted by atomic mass is 10.0. The molecule has 4 N–H and O–H groups in total. The Morgan fingerprint density at radius 2 is 1.87 bits per heavy atom. The molecule has 0 unspecified atom stereocenters. The molecule has 1 aliphatic carbocycles. The lowest BCUT2D eigenvalue weighted by molar-refractivity contribution is 0.0606. The van der Waals surface area contributed by atoms with Gasteiger partial charge in [-0.25, -0.2) is 14.4 Å². The van der Waals surface area contributed by atoms with E-state index >= 15 is 0 Å². The minimum Gasteiger partial charge on any atom is -0.494 e. The molecule has 2 aromatic carbocycles. The van der Waals surface area contributed by atoms with Gasteiger partial charge >= 0.3 is 0 Å². The second-order valence-corrected chi connectivity index (χ2v) is 12.5. The summed E-state index contributed by atoms with van der Waals surface area (Å²) in [6, 6.07) is 14.0. The number of ether oxygens (including phenoxy) is 1. The minimum absolute atomic E-state index is 0.0110. The van der Waals surface area contributed by atoms with E-state index in [0.29, 0.717) is 57.0 Å². The smallest absolute Gasteiger partial charge is 0.254 e. The molecule has 0 spiro atoms. The lowest BCUT2D eigenvalue weighted by Gasteiger charge is -2.33. The molecule has 0 bridgehead atoms. The van der Waals surface area contributed by atoms with Crippen LogP contribution >= 0.6 is 11.6 Å². The van der Waals surface area contributed by atoms with Crippen LogP contribution in [0.2, 0.25) is 5.02 Å². The van der Waals surface area contributed by atoms with Crippen molar-refractivity contribution in [3.05, 3.63) is 64.7 Å². The number of halogens is 2. The SMILES string of the molecule is COc1cc(C(=O)N2C[C@H](N)C[C@@H](F)C2)cc2nc(-c3cc4ccc(-c5ccc(C(N)=O)cc5Cl)nc4n3CC3CC3)n(C)c12. The van der Waals surface area contributed by atoms with Crippen LogP contribution in [0, 0.1) is 5.92 Å². The van der Waals surface area contributed by atoms with Gasteiger partial charge in [0.15, 0.2) is 5.82 Å². The largest absolute Gasteiger partial charge is 0.494 e. The summed E-state index contributed by atoms with van der Waals surface area (Å²) >= 11 is 6.56. The Morgan fingerprint density at radius 1 is 1.07 bits per heavy atom. The van der Waals surface area contributed by atoms with Crippen molar-refractivity contribution in [2.24, 2.45) is 24.4 Å². The van der Waals surface area contributed by atoms with Gasteiger partial charge in [-0.3, -0.25) is 9.59 Å². The molecule has 2 amide bonds. The third-order valence-electron chi connectivity index (χ3n) is 8.76. The predicted octanol–water partition coefficient (Wildman–Crippen LogP) is 4.94. The molecule has 2 atom stereocenters. The number of benzene rings is 2. The standard InChI is InChI=1S/C33H33ClFN7O3/c1-40-29-26(10-20(12-28(29)45-2)33(44)41-15-21(35)13-22(36)16-41)39-32(40)27-11-19-6-8-25(38-31(19)42(27)14-17-3-4-17)23-7-5-18(30(37)43)9-24(23)34/h5-12,17,21-22H,3-4,13-16,36H2,1-2H3,(H2,37,43)/t21-,22-/m1/s1. The highest BCUT2D eigenvalue weighted by molar-refractivity contribution is 6.33. The quantitative estimate of drug-likeness (QED) is 0.262. The topological polar surface area (TPSA) is 134 Å². The highest BCUT2D eigenvalue weighted by Crippen LogP contribution is 2.39. The number of carbonyl (C=O) groups excluding carboxylic acids is 2. The molecule has 2 aliphatic rings. The summed E-state index contributed by atoms with van der Waals surface area (Å²) in [7, 11) is 3.48. The molecule has 1 aliphatic heterocycles. The van der Waals surface area contributed by atoms with Crippen LogP contribution in [-0.4, -0.2) is 68.2 Å². The summed E-state index contributed by atoms with van der Waals surface area (Å²) in [6.45, 7) is 1.08. The van der Waals surface area contributed by atoms with E-state index in [9.17, 15) is 14.0 Å². The van der Waals surface area contributed by atoms with E-state index < -0.39 is 18.1 Å². The lowest BCUT2D eigenvalue weighted by Crippen LogP contribution is -2.50. The maximum absolute atomic E-state index is 14.3. The fourth-order valence-electron chi connectivity index (χ4n) is 6.32. The van der Waals surface area contributed by atoms with Gasteiger partial charge in [-0.2, -0.15) is 0 Å². The summed E-state index contributed by atoms with van der Waals surface area (Å²) in [6.07, 6.45) is 1.37. The predicted molar refractivity (Wildman–Crippen MR) is 171 cm³/mol. The van der Waals surface area contributed by atoms with E-state index in [-0.39, 0.29) is 18.9 Å². The zero-order valence-corrected chi connectivity index (χ0v) is 25.7. The van der Waals surface area contributed by atoms with Crippen molar-refractivity contribution in [2.45, 2.75) is 38.0 Å². The number of nitrogens with two attached hydrogens (primary N) is 2. The van der Waals surface area contributed by atoms with Gasteiger partial charge in [0, 0.05) is 48.3 Å². The third-order valence-corrected chi connectivity index (χ3v) is 9.07. The van der Waals surface area contributed by atoms with Gasteiger partial charge in [0.2, 0.25) is 5.91 Å². The number of imidazole rings is 1. The van der Waals surface area contributed by atoms with Crippen LogP contribution in [0.3, 0.4) is 0 Å². The van der Waals surface area contributed by atoms with E-state index in [1.165, 1.54) is 4.90 Å². The fourth-order valence-corrected chi connectivity index (χ4v) is 6.60. The molecule has 2 fully saturated rings. The minimum atomic E-state index is -1.15. The molecule has 1 saturated carbocycles. The number of methoxy groups -OCH3 is 1. The van der Waals surface area contributed by atoms with Crippen LogP contribution in [0.15, 0.2) is 48.5 Å². The second-order valence-electron chi connectivity index (χ2n) is 12.1. The number of pyridine rings is 1. The zero-order valence-electron chi connectivity index (χ0n) is 25.0. The van der Waals surface area contributed by atoms with Crippen molar-refractivity contribution in [3.8, 4) is 28.5 Å². The van der Waals surface area contributed by atoms with Crippen molar-refractivity contribution >= 4 is 45.5 Å². The number of hydrogen-bond acceptors (Lipinski definition) is 6. The summed E-state index contributed by atoms with van der Waals surface area (Å²) < 4.78 is 24.2. The van der Waals surface area contributed by atoms with Crippen LogP contribution in [0.25, 0.3) is 44.8 Å². The van der Waals surface area contributed by atoms with Crippen LogP contribution in [0.1, 0.15) is 40.0 Å². The van der Waals surface area contributed by atoms with Gasteiger partial charge in [0.05, 0.1) is 35.6 Å². The number of primary amides is 1. The van der Waals surface area contributed by atoms with Crippen LogP contribution < -0.4 is 16.2 Å². The third kappa shape index (κ3) is 5.29. The highest BCUT2D eigenvalue weighted by Gasteiger charge is 2.30.